The first kappa shape index (κ1) is 12.6. The lowest BCUT2D eigenvalue weighted by molar-refractivity contribution is 0.0187. The molecule has 0 saturated carbocycles. The minimum Gasteiger partial charge on any atom is -0.382 e. The summed E-state index contributed by atoms with van der Waals surface area (Å²) in [7, 11) is 3.56. The van der Waals surface area contributed by atoms with E-state index in [9.17, 15) is 4.89 Å². The predicted molar refractivity (Wildman–Crippen MR) is 61.0 cm³/mol. The normalized spacial score (nSPS) is 36.9. The van der Waals surface area contributed by atoms with Gasteiger partial charge in [-0.15, -0.1) is 0 Å². The Morgan fingerprint density at radius 3 is 2.86 bits per heavy atom. The van der Waals surface area contributed by atoms with Crippen LogP contribution in [0.3, 0.4) is 0 Å². The number of methoxy groups -OCH3 is 1. The van der Waals surface area contributed by atoms with Gasteiger partial charge in [0.25, 0.3) is 0 Å². The summed E-state index contributed by atoms with van der Waals surface area (Å²) in [5, 5.41) is 0. The smallest absolute Gasteiger partial charge is 0.183 e. The number of hydrogen-bond acceptors (Lipinski definition) is 4. The molecule has 0 aromatic heterocycles. The first-order chi connectivity index (χ1) is 6.42. The highest BCUT2D eigenvalue weighted by Gasteiger charge is 2.34. The van der Waals surface area contributed by atoms with E-state index in [-0.39, 0.29) is 18.2 Å². The van der Waals surface area contributed by atoms with Crippen molar-refractivity contribution in [3.8, 4) is 0 Å². The van der Waals surface area contributed by atoms with Crippen molar-refractivity contribution in [2.45, 2.75) is 24.6 Å². The molecule has 0 aromatic rings. The van der Waals surface area contributed by atoms with Crippen molar-refractivity contribution in [1.29, 1.82) is 0 Å². The van der Waals surface area contributed by atoms with Gasteiger partial charge >= 0.3 is 0 Å². The van der Waals surface area contributed by atoms with Crippen molar-refractivity contribution < 1.29 is 18.9 Å². The first-order valence-electron chi connectivity index (χ1n) is 4.55. The predicted octanol–water partition coefficient (Wildman–Crippen LogP) is -0.302. The van der Waals surface area contributed by atoms with Gasteiger partial charge in [-0.25, -0.2) is 0 Å². The van der Waals surface area contributed by atoms with Gasteiger partial charge in [-0.3, -0.25) is 0 Å². The van der Waals surface area contributed by atoms with E-state index < -0.39 is 6.49 Å². The van der Waals surface area contributed by atoms with Gasteiger partial charge in [0.15, 0.2) is 6.49 Å². The monoisotopic (exact) mass is 238 g/mol. The Morgan fingerprint density at radius 1 is 1.71 bits per heavy atom. The molecule has 0 aromatic carbocycles. The zero-order valence-corrected chi connectivity index (χ0v) is 10.4. The largest absolute Gasteiger partial charge is 0.382 e. The maximum atomic E-state index is 9.43. The molecule has 14 heavy (non-hydrogen) atoms. The quantitative estimate of drug-likeness (QED) is 0.538. The summed E-state index contributed by atoms with van der Waals surface area (Å²) in [6, 6.07) is -0.0235. The molecule has 1 rings (SSSR count). The van der Waals surface area contributed by atoms with Crippen LogP contribution >= 0.6 is 6.49 Å². The van der Waals surface area contributed by atoms with E-state index >= 15 is 0 Å². The number of hydrogen-bond donors (Lipinski definition) is 1. The van der Waals surface area contributed by atoms with E-state index in [0.29, 0.717) is 6.61 Å². The lowest BCUT2D eigenvalue weighted by Gasteiger charge is -2.18. The zero-order valence-electron chi connectivity index (χ0n) is 8.67. The van der Waals surface area contributed by atoms with E-state index in [1.54, 1.807) is 13.8 Å². The molecule has 1 unspecified atom stereocenters. The van der Waals surface area contributed by atoms with E-state index in [4.69, 9.17) is 25.8 Å². The fraction of sp³-hybridized carbons (Fsp3) is 1.00. The van der Waals surface area contributed by atoms with Crippen LogP contribution < -0.4 is 0 Å². The van der Waals surface area contributed by atoms with Crippen LogP contribution in [0.4, 0.5) is 0 Å². The van der Waals surface area contributed by atoms with Crippen molar-refractivity contribution in [3.05, 3.63) is 0 Å². The molecule has 4 atom stereocenters. The van der Waals surface area contributed by atoms with E-state index in [1.807, 2.05) is 7.85 Å². The molecule has 0 aliphatic carbocycles. The third kappa shape index (κ3) is 3.97. The van der Waals surface area contributed by atoms with Crippen molar-refractivity contribution in [1.82, 2.24) is 0 Å². The summed E-state index contributed by atoms with van der Waals surface area (Å²) < 4.78 is 16.0. The Bertz CT molecular complexity index is 234. The van der Waals surface area contributed by atoms with Crippen LogP contribution in [-0.4, -0.2) is 51.3 Å². The Labute approximate surface area is 90.5 Å². The van der Waals surface area contributed by atoms with Crippen LogP contribution in [-0.2, 0) is 25.8 Å². The Kier molecular flexibility index (Phi) is 4.56. The van der Waals surface area contributed by atoms with Crippen molar-refractivity contribution in [3.63, 3.8) is 0 Å². The van der Waals surface area contributed by atoms with Crippen LogP contribution in [0.25, 0.3) is 0 Å². The average Bonchev–Trinajstić information content (AvgIpc) is 2.29. The second-order valence-electron chi connectivity index (χ2n) is 3.60. The molecule has 1 aliphatic rings. The highest BCUT2D eigenvalue weighted by Crippen LogP contribution is 2.42. The summed E-state index contributed by atoms with van der Waals surface area (Å²) in [4.78, 5) is 9.43. The fourth-order valence-corrected chi connectivity index (χ4v) is 2.66. The lowest BCUT2D eigenvalue weighted by Crippen LogP contribution is -2.23. The van der Waals surface area contributed by atoms with Crippen molar-refractivity contribution in [2.75, 3.05) is 20.4 Å². The van der Waals surface area contributed by atoms with E-state index in [2.05, 4.69) is 0 Å². The second kappa shape index (κ2) is 5.06. The van der Waals surface area contributed by atoms with E-state index in [1.165, 1.54) is 0 Å². The topological polar surface area (TPSA) is 47.9 Å². The molecular weight excluding hydrogens is 222 g/mol. The molecule has 0 amide bonds. The number of rotatable bonds is 4. The standard InChI is InChI=1S/C7H16BO4PS/c1-10-4-5-3-6(7(8)11-5)12-13(2,9)14/h5-7H,3-4,8H2,1-2H3,(H,9,14)/t5-,6+,7+,13?/m0/s1. The first-order valence-corrected chi connectivity index (χ1v) is 7.67. The average molecular weight is 238 g/mol. The van der Waals surface area contributed by atoms with Gasteiger partial charge in [-0.05, 0) is 11.8 Å². The van der Waals surface area contributed by atoms with Gasteiger partial charge in [0.2, 0.25) is 0 Å². The summed E-state index contributed by atoms with van der Waals surface area (Å²) in [5.74, 6) is 0. The Hall–Kier alpha value is 0.555. The fourth-order valence-electron chi connectivity index (χ4n) is 1.57. The van der Waals surface area contributed by atoms with Gasteiger partial charge in [-0.1, -0.05) is 0 Å². The maximum Gasteiger partial charge on any atom is 0.183 e. The van der Waals surface area contributed by atoms with Crippen molar-refractivity contribution >= 4 is 26.1 Å². The maximum absolute atomic E-state index is 9.43. The van der Waals surface area contributed by atoms with Crippen LogP contribution in [0, 0.1) is 0 Å². The summed E-state index contributed by atoms with van der Waals surface area (Å²) in [5.41, 5.74) is 0. The van der Waals surface area contributed by atoms with Crippen molar-refractivity contribution in [2.24, 2.45) is 0 Å². The zero-order chi connectivity index (χ0) is 10.8. The van der Waals surface area contributed by atoms with Gasteiger partial charge < -0.3 is 18.9 Å². The summed E-state index contributed by atoms with van der Waals surface area (Å²) >= 11 is 4.84. The van der Waals surface area contributed by atoms with Crippen LogP contribution in [0.15, 0.2) is 0 Å². The molecule has 82 valence electrons. The second-order valence-corrected chi connectivity index (χ2v) is 7.45. The molecule has 0 bridgehead atoms. The van der Waals surface area contributed by atoms with Crippen LogP contribution in [0.2, 0.25) is 0 Å². The lowest BCUT2D eigenvalue weighted by atomic mass is 9.94. The van der Waals surface area contributed by atoms with Gasteiger partial charge in [0.05, 0.1) is 24.8 Å². The van der Waals surface area contributed by atoms with Crippen LogP contribution in [0.5, 0.6) is 0 Å². The molecule has 1 aliphatic heterocycles. The molecular formula is C7H16BO4PS. The third-order valence-electron chi connectivity index (χ3n) is 2.11. The molecule has 1 saturated heterocycles. The van der Waals surface area contributed by atoms with E-state index in [0.717, 1.165) is 6.42 Å². The molecule has 0 spiro atoms. The van der Waals surface area contributed by atoms with Crippen LogP contribution in [0.1, 0.15) is 6.42 Å². The van der Waals surface area contributed by atoms with Gasteiger partial charge in [0.1, 0.15) is 7.85 Å². The molecule has 1 heterocycles. The molecule has 1 N–H and O–H groups in total. The van der Waals surface area contributed by atoms with Gasteiger partial charge in [0, 0.05) is 20.2 Å². The highest BCUT2D eigenvalue weighted by atomic mass is 32.5. The minimum atomic E-state index is -2.59. The Morgan fingerprint density at radius 2 is 2.36 bits per heavy atom. The number of ether oxygens (including phenoxy) is 2. The SMILES string of the molecule is B[C@@H]1O[C@H](COC)C[C@H]1OP(C)(O)=S. The molecule has 1 fully saturated rings. The molecule has 0 radical (unpaired) electrons. The summed E-state index contributed by atoms with van der Waals surface area (Å²) in [6.07, 6.45) is 0.694. The Balaban J connectivity index is 2.44. The third-order valence-corrected chi connectivity index (χ3v) is 3.03. The minimum absolute atomic E-state index is 0.0235. The molecule has 4 nitrogen and oxygen atoms in total. The van der Waals surface area contributed by atoms with Gasteiger partial charge in [-0.2, -0.15) is 0 Å². The highest BCUT2D eigenvalue weighted by molar-refractivity contribution is 8.09. The summed E-state index contributed by atoms with van der Waals surface area (Å²) in [6.45, 7) is -0.473. The molecule has 7 heteroatoms.